The minimum absolute atomic E-state index is 0.214. The standard InChI is InChI=1S/C16H22O4S/c1-16(2,15(17)18)9-11-5-4-6-13(14(11)19-3)20-12-7-8-21-10-12/h4-6,12H,7-10H2,1-3H3,(H,17,18). The van der Waals surface area contributed by atoms with E-state index in [2.05, 4.69) is 0 Å². The number of methoxy groups -OCH3 is 1. The van der Waals surface area contributed by atoms with Gasteiger partial charge in [-0.3, -0.25) is 4.79 Å². The van der Waals surface area contributed by atoms with Gasteiger partial charge in [-0.2, -0.15) is 11.8 Å². The molecule has 0 spiro atoms. The molecule has 1 aliphatic rings. The van der Waals surface area contributed by atoms with E-state index in [1.165, 1.54) is 0 Å². The van der Waals surface area contributed by atoms with Crippen molar-refractivity contribution in [3.05, 3.63) is 23.8 Å². The molecule has 5 heteroatoms. The second-order valence-corrected chi connectivity index (χ2v) is 7.07. The first kappa shape index (κ1) is 16.0. The van der Waals surface area contributed by atoms with Gasteiger partial charge in [-0.25, -0.2) is 0 Å². The van der Waals surface area contributed by atoms with Crippen molar-refractivity contribution in [2.75, 3.05) is 18.6 Å². The molecule has 0 amide bonds. The maximum absolute atomic E-state index is 11.3. The molecule has 1 heterocycles. The van der Waals surface area contributed by atoms with Gasteiger partial charge in [-0.05, 0) is 44.1 Å². The van der Waals surface area contributed by atoms with Gasteiger partial charge in [0.25, 0.3) is 0 Å². The predicted octanol–water partition coefficient (Wildman–Crippen LogP) is 3.23. The molecule has 0 aliphatic carbocycles. The van der Waals surface area contributed by atoms with E-state index in [-0.39, 0.29) is 6.10 Å². The van der Waals surface area contributed by atoms with Crippen LogP contribution < -0.4 is 9.47 Å². The van der Waals surface area contributed by atoms with Gasteiger partial charge < -0.3 is 14.6 Å². The number of hydrogen-bond donors (Lipinski definition) is 1. The van der Waals surface area contributed by atoms with E-state index in [9.17, 15) is 9.90 Å². The number of para-hydroxylation sites is 1. The lowest BCUT2D eigenvalue weighted by molar-refractivity contribution is -0.146. The zero-order valence-electron chi connectivity index (χ0n) is 12.7. The summed E-state index contributed by atoms with van der Waals surface area (Å²) in [5.41, 5.74) is 0.0304. The normalized spacial score (nSPS) is 18.5. The van der Waals surface area contributed by atoms with Crippen LogP contribution in [0.3, 0.4) is 0 Å². The Hall–Kier alpha value is -1.36. The molecule has 1 saturated heterocycles. The molecule has 0 aromatic heterocycles. The number of carboxylic acid groups (broad SMARTS) is 1. The molecular weight excluding hydrogens is 288 g/mol. The average Bonchev–Trinajstić information content (AvgIpc) is 2.91. The molecular formula is C16H22O4S. The Morgan fingerprint density at radius 2 is 2.24 bits per heavy atom. The largest absolute Gasteiger partial charge is 0.493 e. The molecule has 1 atom stereocenters. The van der Waals surface area contributed by atoms with E-state index in [1.54, 1.807) is 21.0 Å². The quantitative estimate of drug-likeness (QED) is 0.874. The molecule has 21 heavy (non-hydrogen) atoms. The number of rotatable bonds is 6. The average molecular weight is 310 g/mol. The van der Waals surface area contributed by atoms with Crippen LogP contribution in [0.25, 0.3) is 0 Å². The van der Waals surface area contributed by atoms with E-state index in [0.717, 1.165) is 23.5 Å². The molecule has 0 bridgehead atoms. The smallest absolute Gasteiger partial charge is 0.309 e. The summed E-state index contributed by atoms with van der Waals surface area (Å²) in [7, 11) is 1.60. The molecule has 4 nitrogen and oxygen atoms in total. The number of carboxylic acids is 1. The van der Waals surface area contributed by atoms with Crippen LogP contribution in [-0.2, 0) is 11.2 Å². The van der Waals surface area contributed by atoms with Crippen LogP contribution in [0.1, 0.15) is 25.8 Å². The zero-order valence-corrected chi connectivity index (χ0v) is 13.5. The Kier molecular flexibility index (Phi) is 5.04. The van der Waals surface area contributed by atoms with Crippen molar-refractivity contribution >= 4 is 17.7 Å². The Balaban J connectivity index is 2.23. The molecule has 1 N–H and O–H groups in total. The first-order valence-electron chi connectivity index (χ1n) is 7.07. The zero-order chi connectivity index (χ0) is 15.5. The number of aliphatic carboxylic acids is 1. The highest BCUT2D eigenvalue weighted by atomic mass is 32.2. The minimum Gasteiger partial charge on any atom is -0.493 e. The van der Waals surface area contributed by atoms with Gasteiger partial charge in [0.15, 0.2) is 11.5 Å². The van der Waals surface area contributed by atoms with Gasteiger partial charge in [-0.15, -0.1) is 0 Å². The second kappa shape index (κ2) is 6.60. The Bertz CT molecular complexity index is 507. The molecule has 1 aromatic rings. The molecule has 0 saturated carbocycles. The highest BCUT2D eigenvalue weighted by Crippen LogP contribution is 2.37. The predicted molar refractivity (Wildman–Crippen MR) is 84.5 cm³/mol. The summed E-state index contributed by atoms with van der Waals surface area (Å²) in [4.78, 5) is 11.3. The fourth-order valence-electron chi connectivity index (χ4n) is 2.36. The Morgan fingerprint density at radius 1 is 1.48 bits per heavy atom. The van der Waals surface area contributed by atoms with Gasteiger partial charge in [0.2, 0.25) is 0 Å². The van der Waals surface area contributed by atoms with E-state index in [1.807, 2.05) is 30.0 Å². The SMILES string of the molecule is COc1c(CC(C)(C)C(=O)O)cccc1OC1CCSC1. The first-order chi connectivity index (χ1) is 9.94. The fourth-order valence-corrected chi connectivity index (χ4v) is 3.46. The Labute approximate surface area is 129 Å². The third kappa shape index (κ3) is 3.84. The summed E-state index contributed by atoms with van der Waals surface area (Å²) in [5, 5.41) is 9.29. The van der Waals surface area contributed by atoms with Gasteiger partial charge in [0.1, 0.15) is 6.10 Å². The van der Waals surface area contributed by atoms with E-state index >= 15 is 0 Å². The molecule has 1 aromatic carbocycles. The van der Waals surface area contributed by atoms with Gasteiger partial charge >= 0.3 is 5.97 Å². The molecule has 1 aliphatic heterocycles. The molecule has 1 unspecified atom stereocenters. The maximum Gasteiger partial charge on any atom is 0.309 e. The first-order valence-corrected chi connectivity index (χ1v) is 8.23. The third-order valence-corrected chi connectivity index (χ3v) is 4.79. The summed E-state index contributed by atoms with van der Waals surface area (Å²) < 4.78 is 11.5. The van der Waals surface area contributed by atoms with E-state index in [0.29, 0.717) is 17.9 Å². The highest BCUT2D eigenvalue weighted by Gasteiger charge is 2.29. The van der Waals surface area contributed by atoms with Gasteiger partial charge in [-0.1, -0.05) is 12.1 Å². The monoisotopic (exact) mass is 310 g/mol. The number of ether oxygens (including phenoxy) is 2. The van der Waals surface area contributed by atoms with Crippen molar-refractivity contribution in [3.8, 4) is 11.5 Å². The van der Waals surface area contributed by atoms with Crippen LogP contribution in [0.2, 0.25) is 0 Å². The van der Waals surface area contributed by atoms with Crippen LogP contribution in [0, 0.1) is 5.41 Å². The number of thioether (sulfide) groups is 1. The lowest BCUT2D eigenvalue weighted by Gasteiger charge is -2.22. The molecule has 116 valence electrons. The number of carbonyl (C=O) groups is 1. The number of hydrogen-bond acceptors (Lipinski definition) is 4. The van der Waals surface area contributed by atoms with Crippen LogP contribution in [-0.4, -0.2) is 35.8 Å². The van der Waals surface area contributed by atoms with E-state index in [4.69, 9.17) is 9.47 Å². The molecule has 2 rings (SSSR count). The van der Waals surface area contributed by atoms with E-state index < -0.39 is 11.4 Å². The fraction of sp³-hybridized carbons (Fsp3) is 0.562. The van der Waals surface area contributed by atoms with Crippen LogP contribution in [0.15, 0.2) is 18.2 Å². The molecule has 0 radical (unpaired) electrons. The Morgan fingerprint density at radius 3 is 2.81 bits per heavy atom. The van der Waals surface area contributed by atoms with Gasteiger partial charge in [0, 0.05) is 5.75 Å². The minimum atomic E-state index is -0.838. The summed E-state index contributed by atoms with van der Waals surface area (Å²) in [6.07, 6.45) is 1.66. The molecule has 1 fully saturated rings. The summed E-state index contributed by atoms with van der Waals surface area (Å²) >= 11 is 1.89. The highest BCUT2D eigenvalue weighted by molar-refractivity contribution is 7.99. The van der Waals surface area contributed by atoms with Crippen molar-refractivity contribution in [1.82, 2.24) is 0 Å². The third-order valence-electron chi connectivity index (χ3n) is 3.66. The van der Waals surface area contributed by atoms with Crippen LogP contribution >= 0.6 is 11.8 Å². The number of benzene rings is 1. The van der Waals surface area contributed by atoms with Crippen LogP contribution in [0.4, 0.5) is 0 Å². The van der Waals surface area contributed by atoms with Crippen molar-refractivity contribution in [2.45, 2.75) is 32.8 Å². The summed E-state index contributed by atoms with van der Waals surface area (Å²) in [6.45, 7) is 3.44. The van der Waals surface area contributed by atoms with Crippen molar-refractivity contribution in [3.63, 3.8) is 0 Å². The lowest BCUT2D eigenvalue weighted by atomic mass is 9.85. The summed E-state index contributed by atoms with van der Waals surface area (Å²) in [5.74, 6) is 2.67. The van der Waals surface area contributed by atoms with Gasteiger partial charge in [0.05, 0.1) is 12.5 Å². The van der Waals surface area contributed by atoms with Crippen molar-refractivity contribution in [2.24, 2.45) is 5.41 Å². The topological polar surface area (TPSA) is 55.8 Å². The second-order valence-electron chi connectivity index (χ2n) is 5.92. The summed E-state index contributed by atoms with van der Waals surface area (Å²) in [6, 6.07) is 5.69. The lowest BCUT2D eigenvalue weighted by Crippen LogP contribution is -2.26. The van der Waals surface area contributed by atoms with Crippen molar-refractivity contribution < 1.29 is 19.4 Å². The maximum atomic E-state index is 11.3. The van der Waals surface area contributed by atoms with Crippen LogP contribution in [0.5, 0.6) is 11.5 Å². The van der Waals surface area contributed by atoms with Crippen molar-refractivity contribution in [1.29, 1.82) is 0 Å².